The SMILES string of the molecule is COc1ncc(F)cc1S(=O)(=O)Nc1ccc(F)c(CO)c1F. The second kappa shape index (κ2) is 6.42. The zero-order valence-corrected chi connectivity index (χ0v) is 12.5. The van der Waals surface area contributed by atoms with E-state index in [1.54, 1.807) is 0 Å². The van der Waals surface area contributed by atoms with Crippen LogP contribution in [-0.2, 0) is 16.6 Å². The molecule has 0 fully saturated rings. The zero-order chi connectivity index (χ0) is 17.2. The number of anilines is 1. The van der Waals surface area contributed by atoms with E-state index in [1.807, 2.05) is 4.72 Å². The Labute approximate surface area is 129 Å². The smallest absolute Gasteiger partial charge is 0.267 e. The maximum absolute atomic E-state index is 14.0. The number of pyridine rings is 1. The molecule has 10 heteroatoms. The standard InChI is InChI=1S/C13H11F3N2O4S/c1-22-13-11(4-7(14)5-17-13)23(20,21)18-10-3-2-9(15)8(6-19)12(10)16/h2-5,18-19H,6H2,1H3. The highest BCUT2D eigenvalue weighted by Crippen LogP contribution is 2.27. The number of aliphatic hydroxyl groups excluding tert-OH is 1. The van der Waals surface area contributed by atoms with Crippen molar-refractivity contribution in [3.8, 4) is 5.88 Å². The van der Waals surface area contributed by atoms with Crippen molar-refractivity contribution in [2.24, 2.45) is 0 Å². The number of hydrogen-bond donors (Lipinski definition) is 2. The van der Waals surface area contributed by atoms with Gasteiger partial charge in [0.1, 0.15) is 11.6 Å². The molecule has 0 saturated heterocycles. The van der Waals surface area contributed by atoms with Gasteiger partial charge in [-0.15, -0.1) is 0 Å². The number of halogens is 3. The van der Waals surface area contributed by atoms with Gasteiger partial charge in [0.25, 0.3) is 10.0 Å². The Morgan fingerprint density at radius 3 is 2.61 bits per heavy atom. The molecule has 0 aliphatic rings. The molecule has 1 aromatic heterocycles. The first kappa shape index (κ1) is 17.0. The molecule has 124 valence electrons. The monoisotopic (exact) mass is 348 g/mol. The molecule has 6 nitrogen and oxygen atoms in total. The van der Waals surface area contributed by atoms with Crippen molar-refractivity contribution in [3.63, 3.8) is 0 Å². The van der Waals surface area contributed by atoms with Crippen LogP contribution in [0.3, 0.4) is 0 Å². The first-order valence-electron chi connectivity index (χ1n) is 6.10. The van der Waals surface area contributed by atoms with Gasteiger partial charge in [-0.1, -0.05) is 0 Å². The molecule has 0 amide bonds. The van der Waals surface area contributed by atoms with Crippen molar-refractivity contribution < 1.29 is 31.4 Å². The van der Waals surface area contributed by atoms with Gasteiger partial charge in [-0.05, 0) is 12.1 Å². The third-order valence-corrected chi connectivity index (χ3v) is 4.22. The Hall–Kier alpha value is -2.33. The minimum Gasteiger partial charge on any atom is -0.480 e. The maximum atomic E-state index is 14.0. The number of benzene rings is 1. The Morgan fingerprint density at radius 2 is 2.00 bits per heavy atom. The fourth-order valence-corrected chi connectivity index (χ4v) is 2.97. The van der Waals surface area contributed by atoms with Crippen molar-refractivity contribution >= 4 is 15.7 Å². The summed E-state index contributed by atoms with van der Waals surface area (Å²) in [6.45, 7) is -0.960. The number of rotatable bonds is 5. The van der Waals surface area contributed by atoms with Crippen molar-refractivity contribution in [2.45, 2.75) is 11.5 Å². The summed E-state index contributed by atoms with van der Waals surface area (Å²) in [5.41, 5.74) is -1.31. The summed E-state index contributed by atoms with van der Waals surface area (Å²) in [6.07, 6.45) is 0.750. The predicted octanol–water partition coefficient (Wildman–Crippen LogP) is 1.80. The van der Waals surface area contributed by atoms with Gasteiger partial charge in [-0.3, -0.25) is 4.72 Å². The van der Waals surface area contributed by atoms with Crippen LogP contribution in [0.1, 0.15) is 5.56 Å². The van der Waals surface area contributed by atoms with E-state index in [1.165, 1.54) is 0 Å². The third-order valence-electron chi connectivity index (χ3n) is 2.86. The molecule has 2 rings (SSSR count). The summed E-state index contributed by atoms with van der Waals surface area (Å²) in [7, 11) is -3.33. The molecule has 2 aromatic rings. The molecule has 0 aliphatic heterocycles. The number of sulfonamides is 1. The minimum atomic E-state index is -4.46. The molecule has 1 aromatic carbocycles. The Morgan fingerprint density at radius 1 is 1.30 bits per heavy atom. The van der Waals surface area contributed by atoms with Gasteiger partial charge in [-0.25, -0.2) is 26.6 Å². The van der Waals surface area contributed by atoms with Gasteiger partial charge in [-0.2, -0.15) is 0 Å². The Bertz CT molecular complexity index is 843. The average Bonchev–Trinajstić information content (AvgIpc) is 2.50. The van der Waals surface area contributed by atoms with E-state index < -0.39 is 56.1 Å². The van der Waals surface area contributed by atoms with Crippen LogP contribution in [0.5, 0.6) is 5.88 Å². The topological polar surface area (TPSA) is 88.5 Å². The third kappa shape index (κ3) is 3.37. The quantitative estimate of drug-likeness (QED) is 0.860. The fourth-order valence-electron chi connectivity index (χ4n) is 1.78. The van der Waals surface area contributed by atoms with Crippen LogP contribution in [0.15, 0.2) is 29.3 Å². The number of aliphatic hydroxyl groups is 1. The van der Waals surface area contributed by atoms with Gasteiger partial charge in [0.2, 0.25) is 5.88 Å². The second-order valence-electron chi connectivity index (χ2n) is 4.31. The molecule has 0 spiro atoms. The van der Waals surface area contributed by atoms with Crippen LogP contribution in [-0.4, -0.2) is 25.6 Å². The van der Waals surface area contributed by atoms with Gasteiger partial charge in [0.05, 0.1) is 31.2 Å². The van der Waals surface area contributed by atoms with Gasteiger partial charge < -0.3 is 9.84 Å². The average molecular weight is 348 g/mol. The molecule has 0 atom stereocenters. The number of aromatic nitrogens is 1. The van der Waals surface area contributed by atoms with E-state index >= 15 is 0 Å². The van der Waals surface area contributed by atoms with Crippen LogP contribution < -0.4 is 9.46 Å². The molecule has 1 heterocycles. The Kier molecular flexibility index (Phi) is 4.76. The molecule has 0 aliphatic carbocycles. The van der Waals surface area contributed by atoms with Crippen LogP contribution in [0.25, 0.3) is 0 Å². The van der Waals surface area contributed by atoms with E-state index in [9.17, 15) is 21.6 Å². The number of nitrogens with one attached hydrogen (secondary N) is 1. The molecular weight excluding hydrogens is 337 g/mol. The normalized spacial score (nSPS) is 11.3. The number of ether oxygens (including phenoxy) is 1. The summed E-state index contributed by atoms with van der Waals surface area (Å²) in [6, 6.07) is 2.26. The largest absolute Gasteiger partial charge is 0.480 e. The summed E-state index contributed by atoms with van der Waals surface area (Å²) in [5.74, 6) is -3.65. The van der Waals surface area contributed by atoms with E-state index in [2.05, 4.69) is 4.98 Å². The van der Waals surface area contributed by atoms with Crippen LogP contribution in [0, 0.1) is 17.5 Å². The van der Waals surface area contributed by atoms with Gasteiger partial charge in [0, 0.05) is 6.07 Å². The lowest BCUT2D eigenvalue weighted by molar-refractivity contribution is 0.269. The van der Waals surface area contributed by atoms with Gasteiger partial charge >= 0.3 is 0 Å². The van der Waals surface area contributed by atoms with E-state index in [0.717, 1.165) is 25.4 Å². The number of hydrogen-bond acceptors (Lipinski definition) is 5. The molecule has 0 saturated carbocycles. The zero-order valence-electron chi connectivity index (χ0n) is 11.7. The molecule has 0 radical (unpaired) electrons. The molecule has 2 N–H and O–H groups in total. The number of nitrogens with zero attached hydrogens (tertiary/aromatic N) is 1. The van der Waals surface area contributed by atoms with E-state index in [4.69, 9.17) is 9.84 Å². The lowest BCUT2D eigenvalue weighted by Crippen LogP contribution is -2.16. The summed E-state index contributed by atoms with van der Waals surface area (Å²) < 4.78 is 71.6. The van der Waals surface area contributed by atoms with Crippen LogP contribution >= 0.6 is 0 Å². The van der Waals surface area contributed by atoms with Crippen molar-refractivity contribution in [1.29, 1.82) is 0 Å². The molecule has 0 unspecified atom stereocenters. The van der Waals surface area contributed by atoms with E-state index in [0.29, 0.717) is 6.07 Å². The highest BCUT2D eigenvalue weighted by Gasteiger charge is 2.24. The first-order chi connectivity index (χ1) is 10.8. The fraction of sp³-hybridized carbons (Fsp3) is 0.154. The lowest BCUT2D eigenvalue weighted by Gasteiger charge is -2.13. The highest BCUT2D eigenvalue weighted by atomic mass is 32.2. The van der Waals surface area contributed by atoms with E-state index in [-0.39, 0.29) is 0 Å². The second-order valence-corrected chi connectivity index (χ2v) is 5.96. The molecule has 23 heavy (non-hydrogen) atoms. The van der Waals surface area contributed by atoms with Crippen LogP contribution in [0.2, 0.25) is 0 Å². The summed E-state index contributed by atoms with van der Waals surface area (Å²) in [5, 5.41) is 8.92. The predicted molar refractivity (Wildman–Crippen MR) is 73.8 cm³/mol. The Balaban J connectivity index is 2.50. The highest BCUT2D eigenvalue weighted by molar-refractivity contribution is 7.92. The van der Waals surface area contributed by atoms with Crippen LogP contribution in [0.4, 0.5) is 18.9 Å². The summed E-state index contributed by atoms with van der Waals surface area (Å²) >= 11 is 0. The first-order valence-corrected chi connectivity index (χ1v) is 7.58. The van der Waals surface area contributed by atoms with Crippen molar-refractivity contribution in [3.05, 3.63) is 47.4 Å². The summed E-state index contributed by atoms with van der Waals surface area (Å²) in [4.78, 5) is 2.81. The molecular formula is C13H11F3N2O4S. The maximum Gasteiger partial charge on any atom is 0.267 e. The lowest BCUT2D eigenvalue weighted by atomic mass is 10.2. The number of methoxy groups -OCH3 is 1. The minimum absolute atomic E-state index is 0.399. The van der Waals surface area contributed by atoms with Crippen molar-refractivity contribution in [1.82, 2.24) is 4.98 Å². The molecule has 0 bridgehead atoms. The van der Waals surface area contributed by atoms with Gasteiger partial charge in [0.15, 0.2) is 10.7 Å². The van der Waals surface area contributed by atoms with Crippen molar-refractivity contribution in [2.75, 3.05) is 11.8 Å².